The molecule has 0 aromatic carbocycles. The van der Waals surface area contributed by atoms with E-state index in [1.54, 1.807) is 6.92 Å². The lowest BCUT2D eigenvalue weighted by molar-refractivity contribution is -0.163. The Morgan fingerprint density at radius 3 is 2.30 bits per heavy atom. The van der Waals surface area contributed by atoms with Crippen molar-refractivity contribution >= 4 is 11.9 Å². The molecule has 1 saturated carbocycles. The minimum absolute atomic E-state index is 0.230. The summed E-state index contributed by atoms with van der Waals surface area (Å²) in [6.07, 6.45) is -0.269. The van der Waals surface area contributed by atoms with Crippen molar-refractivity contribution in [3.8, 4) is 0 Å². The van der Waals surface area contributed by atoms with E-state index >= 15 is 0 Å². The second-order valence-corrected chi connectivity index (χ2v) is 6.72. The van der Waals surface area contributed by atoms with E-state index in [1.807, 2.05) is 34.6 Å². The molecule has 5 nitrogen and oxygen atoms in total. The molecule has 1 aliphatic rings. The molecule has 0 amide bonds. The van der Waals surface area contributed by atoms with Gasteiger partial charge in [-0.25, -0.2) is 4.79 Å². The van der Waals surface area contributed by atoms with Crippen LogP contribution in [0.5, 0.6) is 0 Å². The fourth-order valence-electron chi connectivity index (χ4n) is 1.63. The van der Waals surface area contributed by atoms with Gasteiger partial charge in [0.1, 0.15) is 5.60 Å². The van der Waals surface area contributed by atoms with Gasteiger partial charge < -0.3 is 14.2 Å². The zero-order chi connectivity index (χ0) is 15.5. The number of rotatable bonds is 6. The molecule has 0 spiro atoms. The first-order chi connectivity index (χ1) is 9.10. The van der Waals surface area contributed by atoms with Gasteiger partial charge in [0, 0.05) is 0 Å². The predicted molar refractivity (Wildman–Crippen MR) is 74.1 cm³/mol. The molecule has 0 aromatic rings. The van der Waals surface area contributed by atoms with Crippen LogP contribution in [0.3, 0.4) is 0 Å². The highest BCUT2D eigenvalue weighted by Gasteiger charge is 2.48. The summed E-state index contributed by atoms with van der Waals surface area (Å²) in [4.78, 5) is 23.4. The number of esters is 2. The Morgan fingerprint density at radius 1 is 1.20 bits per heavy atom. The van der Waals surface area contributed by atoms with Gasteiger partial charge in [-0.2, -0.15) is 0 Å². The Labute approximate surface area is 121 Å². The highest BCUT2D eigenvalue weighted by molar-refractivity contribution is 5.77. The summed E-state index contributed by atoms with van der Waals surface area (Å²) >= 11 is 0. The monoisotopic (exact) mass is 286 g/mol. The van der Waals surface area contributed by atoms with Gasteiger partial charge in [-0.15, -0.1) is 0 Å². The van der Waals surface area contributed by atoms with Gasteiger partial charge in [0.05, 0.1) is 18.6 Å². The van der Waals surface area contributed by atoms with E-state index in [0.717, 1.165) is 0 Å². The zero-order valence-corrected chi connectivity index (χ0v) is 13.3. The van der Waals surface area contributed by atoms with E-state index in [-0.39, 0.29) is 24.0 Å². The van der Waals surface area contributed by atoms with E-state index in [4.69, 9.17) is 14.2 Å². The van der Waals surface area contributed by atoms with Crippen molar-refractivity contribution in [2.45, 2.75) is 65.8 Å². The third-order valence-corrected chi connectivity index (χ3v) is 2.71. The molecule has 0 unspecified atom stereocenters. The summed E-state index contributed by atoms with van der Waals surface area (Å²) < 4.78 is 15.9. The molecule has 0 radical (unpaired) electrons. The van der Waals surface area contributed by atoms with Crippen molar-refractivity contribution in [1.82, 2.24) is 0 Å². The molecule has 0 aliphatic heterocycles. The van der Waals surface area contributed by atoms with E-state index < -0.39 is 11.7 Å². The maximum atomic E-state index is 11.8. The summed E-state index contributed by atoms with van der Waals surface area (Å²) in [6, 6.07) is 0. The number of hydrogen-bond acceptors (Lipinski definition) is 5. The zero-order valence-electron chi connectivity index (χ0n) is 13.3. The first-order valence-electron chi connectivity index (χ1n) is 7.15. The van der Waals surface area contributed by atoms with E-state index in [1.165, 1.54) is 0 Å². The maximum Gasteiger partial charge on any atom is 0.334 e. The Balaban J connectivity index is 2.30. The molecule has 1 aliphatic carbocycles. The second-order valence-electron chi connectivity index (χ2n) is 6.72. The van der Waals surface area contributed by atoms with Crippen LogP contribution in [-0.2, 0) is 23.8 Å². The van der Waals surface area contributed by atoms with Gasteiger partial charge in [-0.1, -0.05) is 13.8 Å². The van der Waals surface area contributed by atoms with Crippen LogP contribution in [0.25, 0.3) is 0 Å². The highest BCUT2D eigenvalue weighted by Crippen LogP contribution is 2.36. The van der Waals surface area contributed by atoms with Crippen LogP contribution in [-0.4, -0.2) is 36.4 Å². The lowest BCUT2D eigenvalue weighted by Gasteiger charge is -2.19. The predicted octanol–water partition coefficient (Wildman–Crippen LogP) is 2.32. The average molecular weight is 286 g/mol. The van der Waals surface area contributed by atoms with Gasteiger partial charge in [-0.05, 0) is 40.0 Å². The highest BCUT2D eigenvalue weighted by atomic mass is 16.6. The number of carbonyl (C=O) groups is 2. The van der Waals surface area contributed by atoms with E-state index in [9.17, 15) is 9.59 Å². The third-order valence-electron chi connectivity index (χ3n) is 2.71. The Morgan fingerprint density at radius 2 is 1.80 bits per heavy atom. The minimum Gasteiger partial charge on any atom is -0.464 e. The van der Waals surface area contributed by atoms with Gasteiger partial charge in [-0.3, -0.25) is 4.79 Å². The largest absolute Gasteiger partial charge is 0.464 e. The van der Waals surface area contributed by atoms with E-state index in [2.05, 4.69) is 0 Å². The van der Waals surface area contributed by atoms with Crippen molar-refractivity contribution in [3.05, 3.63) is 0 Å². The molecular weight excluding hydrogens is 260 g/mol. The van der Waals surface area contributed by atoms with Crippen molar-refractivity contribution in [2.24, 2.45) is 11.8 Å². The van der Waals surface area contributed by atoms with Gasteiger partial charge in [0.15, 0.2) is 6.10 Å². The Hall–Kier alpha value is -1.10. The molecule has 5 heteroatoms. The van der Waals surface area contributed by atoms with Crippen LogP contribution in [0, 0.1) is 11.8 Å². The molecule has 0 saturated heterocycles. The van der Waals surface area contributed by atoms with Gasteiger partial charge >= 0.3 is 11.9 Å². The lowest BCUT2D eigenvalue weighted by Crippen LogP contribution is -2.28. The van der Waals surface area contributed by atoms with Crippen molar-refractivity contribution in [1.29, 1.82) is 0 Å². The summed E-state index contributed by atoms with van der Waals surface area (Å²) in [7, 11) is 0. The first-order valence-corrected chi connectivity index (χ1v) is 7.15. The standard InChI is InChI=1S/C15H26O5/c1-9(2)8-18-13(16)10(3)19-12-7-11(12)14(17)20-15(4,5)6/h9-12H,7-8H2,1-6H3/t10-,11-,12+/m1/s1. The summed E-state index contributed by atoms with van der Waals surface area (Å²) in [5, 5.41) is 0. The minimum atomic E-state index is -0.647. The Bertz CT molecular complexity index is 356. The smallest absolute Gasteiger partial charge is 0.334 e. The molecule has 1 fully saturated rings. The molecule has 3 atom stereocenters. The Kier molecular flexibility index (Phi) is 5.57. The summed E-state index contributed by atoms with van der Waals surface area (Å²) in [5.41, 5.74) is -0.494. The normalized spacial score (nSPS) is 23.4. The average Bonchev–Trinajstić information content (AvgIpc) is 3.02. The van der Waals surface area contributed by atoms with Gasteiger partial charge in [0.25, 0.3) is 0 Å². The van der Waals surface area contributed by atoms with Crippen molar-refractivity contribution in [3.63, 3.8) is 0 Å². The third kappa shape index (κ3) is 5.90. The lowest BCUT2D eigenvalue weighted by atomic mass is 10.2. The van der Waals surface area contributed by atoms with Crippen LogP contribution in [0.1, 0.15) is 48.0 Å². The quantitative estimate of drug-likeness (QED) is 0.701. The molecule has 0 aromatic heterocycles. The molecule has 0 bridgehead atoms. The maximum absolute atomic E-state index is 11.8. The molecule has 0 heterocycles. The SMILES string of the molecule is CC(C)COC(=O)[C@@H](C)O[C@H]1C[C@H]1C(=O)OC(C)(C)C. The number of ether oxygens (including phenoxy) is 3. The summed E-state index contributed by atoms with van der Waals surface area (Å²) in [6.45, 7) is 11.5. The molecule has 20 heavy (non-hydrogen) atoms. The van der Waals surface area contributed by atoms with Crippen LogP contribution in [0.4, 0.5) is 0 Å². The van der Waals surface area contributed by atoms with Crippen LogP contribution in [0.2, 0.25) is 0 Å². The number of hydrogen-bond donors (Lipinski definition) is 0. The molecule has 116 valence electrons. The van der Waals surface area contributed by atoms with Gasteiger partial charge in [0.2, 0.25) is 0 Å². The van der Waals surface area contributed by atoms with Crippen molar-refractivity contribution in [2.75, 3.05) is 6.61 Å². The summed E-state index contributed by atoms with van der Waals surface area (Å²) in [5.74, 6) is -0.602. The topological polar surface area (TPSA) is 61.8 Å². The molecular formula is C15H26O5. The van der Waals surface area contributed by atoms with Crippen LogP contribution >= 0.6 is 0 Å². The fourth-order valence-corrected chi connectivity index (χ4v) is 1.63. The molecule has 0 N–H and O–H groups in total. The van der Waals surface area contributed by atoms with E-state index in [0.29, 0.717) is 18.9 Å². The fraction of sp³-hybridized carbons (Fsp3) is 0.867. The first kappa shape index (κ1) is 17.0. The van der Waals surface area contributed by atoms with Crippen LogP contribution in [0.15, 0.2) is 0 Å². The van der Waals surface area contributed by atoms with Crippen LogP contribution < -0.4 is 0 Å². The number of carbonyl (C=O) groups excluding carboxylic acids is 2. The second kappa shape index (κ2) is 6.57. The molecule has 1 rings (SSSR count). The van der Waals surface area contributed by atoms with Crippen molar-refractivity contribution < 1.29 is 23.8 Å².